The van der Waals surface area contributed by atoms with Gasteiger partial charge >= 0.3 is 0 Å². The summed E-state index contributed by atoms with van der Waals surface area (Å²) in [5, 5.41) is 12.5. The minimum Gasteiger partial charge on any atom is -0.341 e. The van der Waals surface area contributed by atoms with Crippen LogP contribution in [0.1, 0.15) is 25.7 Å². The van der Waals surface area contributed by atoms with Crippen LogP contribution in [0.4, 0.5) is 0 Å². The van der Waals surface area contributed by atoms with E-state index in [0.29, 0.717) is 13.1 Å². The van der Waals surface area contributed by atoms with Crippen LogP contribution in [0.15, 0.2) is 0 Å². The van der Waals surface area contributed by atoms with Crippen LogP contribution in [-0.4, -0.2) is 59.8 Å². The molecule has 0 radical (unpaired) electrons. The van der Waals surface area contributed by atoms with Crippen molar-refractivity contribution in [1.29, 1.82) is 0 Å². The summed E-state index contributed by atoms with van der Waals surface area (Å²) in [6.45, 7) is 1.33. The van der Waals surface area contributed by atoms with Crippen LogP contribution in [0.2, 0.25) is 0 Å². The van der Waals surface area contributed by atoms with Gasteiger partial charge in [0.2, 0.25) is 11.8 Å². The summed E-state index contributed by atoms with van der Waals surface area (Å²) < 4.78 is 0. The number of piperidine rings is 2. The van der Waals surface area contributed by atoms with Crippen LogP contribution in [0.25, 0.3) is 0 Å². The molecule has 3 rings (SSSR count). The number of carbonyl (C=O) groups is 2. The summed E-state index contributed by atoms with van der Waals surface area (Å²) in [4.78, 5) is 24.8. The first-order chi connectivity index (χ1) is 10.5. The Bertz CT molecular complexity index is 400. The van der Waals surface area contributed by atoms with Crippen molar-refractivity contribution >= 4 is 59.8 Å². The predicted molar refractivity (Wildman–Crippen MR) is 99.7 cm³/mol. The molecule has 0 aromatic carbocycles. The van der Waals surface area contributed by atoms with E-state index in [1.54, 1.807) is 0 Å². The Morgan fingerprint density at radius 1 is 0.708 bits per heavy atom. The van der Waals surface area contributed by atoms with Crippen molar-refractivity contribution in [3.8, 4) is 0 Å². The van der Waals surface area contributed by atoms with Crippen molar-refractivity contribution in [2.24, 2.45) is 0 Å². The van der Waals surface area contributed by atoms with Crippen molar-refractivity contribution in [3.63, 3.8) is 0 Å². The van der Waals surface area contributed by atoms with Crippen molar-refractivity contribution in [2.45, 2.75) is 60.6 Å². The van der Waals surface area contributed by atoms with Gasteiger partial charge in [-0.2, -0.15) is 0 Å². The monoisotopic (exact) mass is 420 g/mol. The zero-order chi connectivity index (χ0) is 15.7. The summed E-state index contributed by atoms with van der Waals surface area (Å²) >= 11 is 12.1. The van der Waals surface area contributed by atoms with Crippen LogP contribution < -0.4 is 21.3 Å². The second kappa shape index (κ2) is 9.64. The number of carbonyl (C=O) groups excluding carboxylic acids is 2. The van der Waals surface area contributed by atoms with Crippen molar-refractivity contribution in [1.82, 2.24) is 21.3 Å². The van der Waals surface area contributed by atoms with E-state index in [1.165, 1.54) is 0 Å². The lowest BCUT2D eigenvalue weighted by atomic mass is 9.91. The van der Waals surface area contributed by atoms with E-state index in [9.17, 15) is 9.59 Å². The predicted octanol–water partition coefficient (Wildman–Crippen LogP) is 0.532. The number of hydrogen-bond donors (Lipinski definition) is 4. The second-order valence-electron chi connectivity index (χ2n) is 6.35. The first kappa shape index (κ1) is 22.1. The third-order valence-electron chi connectivity index (χ3n) is 4.75. The fourth-order valence-corrected chi connectivity index (χ4v) is 3.87. The fourth-order valence-electron chi connectivity index (χ4n) is 3.44. The molecule has 3 heterocycles. The molecule has 3 aliphatic heterocycles. The van der Waals surface area contributed by atoms with Gasteiger partial charge in [0, 0.05) is 35.9 Å². The standard InChI is InChI=1S/C14H22Cl2N4O2.2ClH/c15-7-1-3-9(17-5-7)11-13(21)20-12(14(22)19-11)10-4-2-8(16)6-18-10;;/h7-12,17-18H,1-6H2,(H,19,22)(H,20,21);2*1H/t7-,8-,9+,10?,11?,12+;;/m1../s1. The molecule has 3 aliphatic rings. The summed E-state index contributed by atoms with van der Waals surface area (Å²) in [6.07, 6.45) is 3.27. The van der Waals surface area contributed by atoms with Crippen LogP contribution in [0.5, 0.6) is 0 Å². The lowest BCUT2D eigenvalue weighted by Gasteiger charge is -2.40. The van der Waals surface area contributed by atoms with E-state index in [1.807, 2.05) is 0 Å². The summed E-state index contributed by atoms with van der Waals surface area (Å²) in [7, 11) is 0. The number of nitrogens with one attached hydrogen (secondary N) is 4. The largest absolute Gasteiger partial charge is 0.341 e. The average molecular weight is 422 g/mol. The summed E-state index contributed by atoms with van der Waals surface area (Å²) in [6, 6.07) is -1.13. The Kier molecular flexibility index (Phi) is 8.87. The van der Waals surface area contributed by atoms with E-state index in [-0.39, 0.29) is 59.5 Å². The fraction of sp³-hybridized carbons (Fsp3) is 0.857. The molecule has 2 amide bonds. The Labute approximate surface area is 164 Å². The first-order valence-corrected chi connectivity index (χ1v) is 8.77. The van der Waals surface area contributed by atoms with Gasteiger partial charge in [0.25, 0.3) is 0 Å². The molecule has 140 valence electrons. The zero-order valence-electron chi connectivity index (χ0n) is 13.1. The normalized spacial score (nSPS) is 39.8. The molecule has 24 heavy (non-hydrogen) atoms. The van der Waals surface area contributed by atoms with Crippen LogP contribution >= 0.6 is 48.0 Å². The lowest BCUT2D eigenvalue weighted by molar-refractivity contribution is -0.138. The zero-order valence-corrected chi connectivity index (χ0v) is 16.2. The lowest BCUT2D eigenvalue weighted by Crippen LogP contribution is -2.71. The molecule has 0 aliphatic carbocycles. The SMILES string of the molecule is Cl.Cl.O=C1N[C@@H](C2CC[C@@H](Cl)CN2)C(=O)NC1[C@@H]1CC[C@@H](Cl)CN1. The molecule has 6 nitrogen and oxygen atoms in total. The molecule has 4 N–H and O–H groups in total. The maximum absolute atomic E-state index is 12.4. The van der Waals surface area contributed by atoms with Gasteiger partial charge < -0.3 is 21.3 Å². The molecule has 3 saturated heterocycles. The second-order valence-corrected chi connectivity index (χ2v) is 7.59. The van der Waals surface area contributed by atoms with Gasteiger partial charge in [-0.1, -0.05) is 0 Å². The van der Waals surface area contributed by atoms with E-state index >= 15 is 0 Å². The van der Waals surface area contributed by atoms with Crippen molar-refractivity contribution < 1.29 is 9.59 Å². The Morgan fingerprint density at radius 2 is 1.08 bits per heavy atom. The number of rotatable bonds is 2. The molecule has 0 aromatic heterocycles. The van der Waals surface area contributed by atoms with Gasteiger partial charge in [-0.05, 0) is 25.7 Å². The smallest absolute Gasteiger partial charge is 0.244 e. The molecule has 0 bridgehead atoms. The first-order valence-electron chi connectivity index (χ1n) is 7.90. The quantitative estimate of drug-likeness (QED) is 0.490. The Balaban J connectivity index is 0.00000144. The molecule has 3 fully saturated rings. The Hall–Kier alpha value is 0.0200. The molecule has 10 heteroatoms. The highest BCUT2D eigenvalue weighted by molar-refractivity contribution is 6.21. The maximum Gasteiger partial charge on any atom is 0.244 e. The topological polar surface area (TPSA) is 82.3 Å². The Morgan fingerprint density at radius 3 is 1.38 bits per heavy atom. The highest BCUT2D eigenvalue weighted by Crippen LogP contribution is 2.20. The third-order valence-corrected chi connectivity index (χ3v) is 5.50. The summed E-state index contributed by atoms with van der Waals surface area (Å²) in [5.41, 5.74) is 0. The maximum atomic E-state index is 12.4. The van der Waals surface area contributed by atoms with Crippen LogP contribution in [0.3, 0.4) is 0 Å². The number of amides is 2. The van der Waals surface area contributed by atoms with E-state index in [2.05, 4.69) is 21.3 Å². The van der Waals surface area contributed by atoms with Crippen molar-refractivity contribution in [2.75, 3.05) is 13.1 Å². The molecule has 6 atom stereocenters. The van der Waals surface area contributed by atoms with Gasteiger partial charge in [-0.3, -0.25) is 9.59 Å². The van der Waals surface area contributed by atoms with Crippen LogP contribution in [-0.2, 0) is 9.59 Å². The van der Waals surface area contributed by atoms with Gasteiger partial charge in [0.05, 0.1) is 0 Å². The number of piperazine rings is 1. The molecule has 2 unspecified atom stereocenters. The van der Waals surface area contributed by atoms with Gasteiger partial charge in [0.1, 0.15) is 12.1 Å². The summed E-state index contributed by atoms with van der Waals surface area (Å²) in [5.74, 6) is -0.241. The average Bonchev–Trinajstić information content (AvgIpc) is 2.51. The minimum atomic E-state index is -0.516. The van der Waals surface area contributed by atoms with Gasteiger partial charge in [-0.15, -0.1) is 48.0 Å². The third kappa shape index (κ3) is 5.02. The molecule has 0 saturated carbocycles. The van der Waals surface area contributed by atoms with E-state index < -0.39 is 12.1 Å². The molecular formula is C14H24Cl4N4O2. The molecular weight excluding hydrogens is 398 g/mol. The van der Waals surface area contributed by atoms with Gasteiger partial charge in [0.15, 0.2) is 0 Å². The highest BCUT2D eigenvalue weighted by atomic mass is 35.5. The van der Waals surface area contributed by atoms with E-state index in [4.69, 9.17) is 23.2 Å². The van der Waals surface area contributed by atoms with Crippen molar-refractivity contribution in [3.05, 3.63) is 0 Å². The number of alkyl halides is 2. The van der Waals surface area contributed by atoms with Crippen LogP contribution in [0, 0.1) is 0 Å². The molecule has 0 aromatic rings. The minimum absolute atomic E-state index is 0. The molecule has 0 spiro atoms. The number of halogens is 4. The van der Waals surface area contributed by atoms with Gasteiger partial charge in [-0.25, -0.2) is 0 Å². The highest BCUT2D eigenvalue weighted by Gasteiger charge is 2.42. The van der Waals surface area contributed by atoms with E-state index in [0.717, 1.165) is 25.7 Å². The number of hydrogen-bond acceptors (Lipinski definition) is 4.